The fraction of sp³-hybridized carbons (Fsp3) is 0.571. The van der Waals surface area contributed by atoms with E-state index in [0.29, 0.717) is 16.6 Å². The lowest BCUT2D eigenvalue weighted by atomic mass is 10.2. The molecular formula is C14H22Cl2N2O. The third-order valence-electron chi connectivity index (χ3n) is 2.53. The van der Waals surface area contributed by atoms with Crippen LogP contribution in [0, 0.1) is 0 Å². The summed E-state index contributed by atoms with van der Waals surface area (Å²) < 4.78 is 5.77. The number of nitrogens with one attached hydrogen (secondary N) is 2. The predicted octanol–water partition coefficient (Wildman–Crippen LogP) is 3.48. The van der Waals surface area contributed by atoms with Gasteiger partial charge in [0, 0.05) is 17.1 Å². The van der Waals surface area contributed by atoms with Crippen LogP contribution < -0.4 is 15.4 Å². The Kier molecular flexibility index (Phi) is 7.54. The first-order valence-electron chi connectivity index (χ1n) is 6.54. The van der Waals surface area contributed by atoms with E-state index in [-0.39, 0.29) is 6.10 Å². The van der Waals surface area contributed by atoms with E-state index < -0.39 is 0 Å². The third kappa shape index (κ3) is 6.00. The van der Waals surface area contributed by atoms with E-state index in [1.54, 1.807) is 6.07 Å². The van der Waals surface area contributed by atoms with Gasteiger partial charge < -0.3 is 15.4 Å². The van der Waals surface area contributed by atoms with Crippen molar-refractivity contribution >= 4 is 23.2 Å². The van der Waals surface area contributed by atoms with Gasteiger partial charge in [0.05, 0.1) is 11.1 Å². The number of benzene rings is 1. The van der Waals surface area contributed by atoms with Crippen LogP contribution in [0.1, 0.15) is 25.8 Å². The van der Waals surface area contributed by atoms with Crippen LogP contribution in [0.3, 0.4) is 0 Å². The Balaban J connectivity index is 2.68. The maximum absolute atomic E-state index is 6.19. The number of ether oxygens (including phenoxy) is 1. The first kappa shape index (κ1) is 16.6. The average Bonchev–Trinajstić information content (AvgIpc) is 2.32. The smallest absolute Gasteiger partial charge is 0.142 e. The van der Waals surface area contributed by atoms with E-state index in [1.165, 1.54) is 0 Å². The van der Waals surface area contributed by atoms with Crippen molar-refractivity contribution in [2.24, 2.45) is 0 Å². The second kappa shape index (κ2) is 8.64. The normalized spacial score (nSPS) is 11.1. The number of rotatable bonds is 8. The van der Waals surface area contributed by atoms with Crippen molar-refractivity contribution in [2.45, 2.75) is 32.9 Å². The molecule has 108 valence electrons. The van der Waals surface area contributed by atoms with Gasteiger partial charge in [-0.1, -0.05) is 23.2 Å². The zero-order chi connectivity index (χ0) is 14.3. The molecule has 0 fully saturated rings. The molecular weight excluding hydrogens is 283 g/mol. The van der Waals surface area contributed by atoms with E-state index in [0.717, 1.165) is 30.8 Å². The van der Waals surface area contributed by atoms with Gasteiger partial charge in [0.1, 0.15) is 5.75 Å². The van der Waals surface area contributed by atoms with Gasteiger partial charge in [-0.25, -0.2) is 0 Å². The lowest BCUT2D eigenvalue weighted by molar-refractivity contribution is 0.239. The molecule has 0 unspecified atom stereocenters. The quantitative estimate of drug-likeness (QED) is 0.721. The molecule has 1 aromatic rings. The molecule has 19 heavy (non-hydrogen) atoms. The van der Waals surface area contributed by atoms with Crippen LogP contribution in [0.4, 0.5) is 0 Å². The SMILES string of the molecule is CNCCCNCc1cc(Cl)cc(Cl)c1OC(C)C. The van der Waals surface area contributed by atoms with Crippen molar-refractivity contribution in [1.82, 2.24) is 10.6 Å². The van der Waals surface area contributed by atoms with Crippen molar-refractivity contribution in [1.29, 1.82) is 0 Å². The van der Waals surface area contributed by atoms with E-state index in [2.05, 4.69) is 10.6 Å². The monoisotopic (exact) mass is 304 g/mol. The highest BCUT2D eigenvalue weighted by molar-refractivity contribution is 6.35. The van der Waals surface area contributed by atoms with Gasteiger partial charge in [-0.2, -0.15) is 0 Å². The molecule has 0 bridgehead atoms. The van der Waals surface area contributed by atoms with Crippen LogP contribution in [0.2, 0.25) is 10.0 Å². The maximum atomic E-state index is 6.19. The molecule has 2 N–H and O–H groups in total. The van der Waals surface area contributed by atoms with Gasteiger partial charge in [0.25, 0.3) is 0 Å². The van der Waals surface area contributed by atoms with Crippen molar-refractivity contribution in [2.75, 3.05) is 20.1 Å². The molecule has 3 nitrogen and oxygen atoms in total. The summed E-state index contributed by atoms with van der Waals surface area (Å²) in [6, 6.07) is 3.61. The molecule has 0 aromatic heterocycles. The average molecular weight is 305 g/mol. The number of hydrogen-bond acceptors (Lipinski definition) is 3. The Morgan fingerprint density at radius 2 is 1.95 bits per heavy atom. The van der Waals surface area contributed by atoms with Gasteiger partial charge >= 0.3 is 0 Å². The summed E-state index contributed by atoms with van der Waals surface area (Å²) in [5.41, 5.74) is 0.996. The van der Waals surface area contributed by atoms with Crippen molar-refractivity contribution in [3.05, 3.63) is 27.7 Å². The fourth-order valence-electron chi connectivity index (χ4n) is 1.73. The Morgan fingerprint density at radius 1 is 1.21 bits per heavy atom. The molecule has 0 aliphatic rings. The van der Waals surface area contributed by atoms with Crippen LogP contribution in [0.5, 0.6) is 5.75 Å². The molecule has 0 aliphatic heterocycles. The van der Waals surface area contributed by atoms with Crippen molar-refractivity contribution < 1.29 is 4.74 Å². The zero-order valence-corrected chi connectivity index (χ0v) is 13.2. The maximum Gasteiger partial charge on any atom is 0.142 e. The molecule has 0 atom stereocenters. The Bertz CT molecular complexity index is 397. The van der Waals surface area contributed by atoms with E-state index in [9.17, 15) is 0 Å². The molecule has 0 aliphatic carbocycles. The summed E-state index contributed by atoms with van der Waals surface area (Å²) >= 11 is 12.2. The first-order valence-corrected chi connectivity index (χ1v) is 7.30. The Hall–Kier alpha value is -0.480. The van der Waals surface area contributed by atoms with E-state index in [4.69, 9.17) is 27.9 Å². The van der Waals surface area contributed by atoms with Crippen LogP contribution in [-0.4, -0.2) is 26.2 Å². The molecule has 0 heterocycles. The standard InChI is InChI=1S/C14H22Cl2N2O/c1-10(2)19-14-11(7-12(15)8-13(14)16)9-18-6-4-5-17-3/h7-8,10,17-18H,4-6,9H2,1-3H3. The van der Waals surface area contributed by atoms with Crippen molar-refractivity contribution in [3.8, 4) is 5.75 Å². The molecule has 5 heteroatoms. The Labute approximate surface area is 125 Å². The van der Waals surface area contributed by atoms with Gasteiger partial charge in [-0.05, 0) is 52.5 Å². The molecule has 1 rings (SSSR count). The van der Waals surface area contributed by atoms with E-state index >= 15 is 0 Å². The lowest BCUT2D eigenvalue weighted by Crippen LogP contribution is -2.20. The predicted molar refractivity (Wildman–Crippen MR) is 82.5 cm³/mol. The summed E-state index contributed by atoms with van der Waals surface area (Å²) in [7, 11) is 1.95. The first-order chi connectivity index (χ1) is 9.04. The second-order valence-electron chi connectivity index (χ2n) is 4.68. The fourth-order valence-corrected chi connectivity index (χ4v) is 2.31. The molecule has 0 saturated carbocycles. The molecule has 0 radical (unpaired) electrons. The number of hydrogen-bond donors (Lipinski definition) is 2. The summed E-state index contributed by atoms with van der Waals surface area (Å²) in [6.45, 7) is 6.60. The molecule has 0 saturated heterocycles. The molecule has 0 amide bonds. The summed E-state index contributed by atoms with van der Waals surface area (Å²) in [6.07, 6.45) is 1.16. The van der Waals surface area contributed by atoms with Gasteiger partial charge in [-0.15, -0.1) is 0 Å². The minimum atomic E-state index is 0.0849. The third-order valence-corrected chi connectivity index (χ3v) is 3.03. The summed E-state index contributed by atoms with van der Waals surface area (Å²) in [4.78, 5) is 0. The van der Waals surface area contributed by atoms with Gasteiger partial charge in [0.15, 0.2) is 0 Å². The number of halogens is 2. The highest BCUT2D eigenvalue weighted by atomic mass is 35.5. The van der Waals surface area contributed by atoms with Crippen LogP contribution in [0.15, 0.2) is 12.1 Å². The van der Waals surface area contributed by atoms with Crippen molar-refractivity contribution in [3.63, 3.8) is 0 Å². The summed E-state index contributed by atoms with van der Waals surface area (Å²) in [5, 5.41) is 7.68. The highest BCUT2D eigenvalue weighted by Gasteiger charge is 2.12. The Morgan fingerprint density at radius 3 is 2.58 bits per heavy atom. The minimum absolute atomic E-state index is 0.0849. The lowest BCUT2D eigenvalue weighted by Gasteiger charge is -2.16. The zero-order valence-electron chi connectivity index (χ0n) is 11.7. The second-order valence-corrected chi connectivity index (χ2v) is 5.52. The van der Waals surface area contributed by atoms with Gasteiger partial charge in [-0.3, -0.25) is 0 Å². The molecule has 0 spiro atoms. The molecule has 1 aromatic carbocycles. The highest BCUT2D eigenvalue weighted by Crippen LogP contribution is 2.33. The van der Waals surface area contributed by atoms with Crippen LogP contribution in [-0.2, 0) is 6.54 Å². The van der Waals surface area contributed by atoms with Crippen LogP contribution in [0.25, 0.3) is 0 Å². The van der Waals surface area contributed by atoms with Gasteiger partial charge in [0.2, 0.25) is 0 Å². The minimum Gasteiger partial charge on any atom is -0.489 e. The topological polar surface area (TPSA) is 33.3 Å². The summed E-state index contributed by atoms with van der Waals surface area (Å²) in [5.74, 6) is 0.724. The largest absolute Gasteiger partial charge is 0.489 e. The van der Waals surface area contributed by atoms with Crippen LogP contribution >= 0.6 is 23.2 Å². The van der Waals surface area contributed by atoms with E-state index in [1.807, 2.05) is 27.0 Å².